The molecule has 39 heavy (non-hydrogen) atoms. The zero-order chi connectivity index (χ0) is 25.5. The van der Waals surface area contributed by atoms with E-state index in [4.69, 9.17) is 9.97 Å². The number of nitrogens with zero attached hydrogens (tertiary/aromatic N) is 3. The van der Waals surface area contributed by atoms with Crippen molar-refractivity contribution < 1.29 is 0 Å². The molecule has 0 spiro atoms. The molecule has 0 saturated carbocycles. The molecule has 0 aliphatic heterocycles. The van der Waals surface area contributed by atoms with Crippen molar-refractivity contribution in [3.05, 3.63) is 128 Å². The Kier molecular flexibility index (Phi) is 4.05. The maximum Gasteiger partial charge on any atom is 0.164 e. The summed E-state index contributed by atoms with van der Waals surface area (Å²) in [6.45, 7) is 0. The van der Waals surface area contributed by atoms with Gasteiger partial charge in [0.2, 0.25) is 0 Å². The van der Waals surface area contributed by atoms with Crippen molar-refractivity contribution in [1.29, 1.82) is 0 Å². The molecule has 0 radical (unpaired) electrons. The fourth-order valence-corrected chi connectivity index (χ4v) is 6.46. The highest BCUT2D eigenvalue weighted by molar-refractivity contribution is 6.37. The number of aromatic nitrogens is 3. The first kappa shape index (κ1) is 20.7. The molecule has 7 aromatic carbocycles. The Bertz CT molecular complexity index is 2380. The Balaban J connectivity index is 1.54. The second-order valence-corrected chi connectivity index (χ2v) is 10.2. The van der Waals surface area contributed by atoms with E-state index in [1.165, 1.54) is 48.5 Å². The molecule has 3 heteroatoms. The van der Waals surface area contributed by atoms with Crippen LogP contribution in [0.5, 0.6) is 0 Å². The molecule has 0 aliphatic carbocycles. The lowest BCUT2D eigenvalue weighted by atomic mass is 10.0. The first-order valence-electron chi connectivity index (χ1n) is 13.3. The van der Waals surface area contributed by atoms with E-state index >= 15 is 0 Å². The normalized spacial score (nSPS) is 12.1. The summed E-state index contributed by atoms with van der Waals surface area (Å²) < 4.78 is 2.26. The highest BCUT2D eigenvalue weighted by Gasteiger charge is 2.20. The summed E-state index contributed by atoms with van der Waals surface area (Å²) in [6, 6.07) is 43.0. The van der Waals surface area contributed by atoms with Crippen LogP contribution in [0.15, 0.2) is 128 Å². The summed E-state index contributed by atoms with van der Waals surface area (Å²) in [5.41, 5.74) is 4.82. The second kappa shape index (κ2) is 7.62. The smallest absolute Gasteiger partial charge is 0.164 e. The zero-order valence-electron chi connectivity index (χ0n) is 21.0. The lowest BCUT2D eigenvalue weighted by molar-refractivity contribution is 1.04. The SMILES string of the molecule is c1ccc(-c2nc3ccccc3nc2-n2cc3cc4cccc5c6ccccc6c6cccc2c6c3c45)cc1. The van der Waals surface area contributed by atoms with E-state index < -0.39 is 0 Å². The third-order valence-corrected chi connectivity index (χ3v) is 8.10. The van der Waals surface area contributed by atoms with Crippen LogP contribution in [-0.2, 0) is 0 Å². The van der Waals surface area contributed by atoms with Gasteiger partial charge in [-0.15, -0.1) is 0 Å². The first-order valence-corrected chi connectivity index (χ1v) is 13.3. The van der Waals surface area contributed by atoms with Gasteiger partial charge in [-0.25, -0.2) is 9.97 Å². The van der Waals surface area contributed by atoms with Crippen LogP contribution in [0.25, 0.3) is 82.1 Å². The lowest BCUT2D eigenvalue weighted by Gasteiger charge is -2.17. The number of hydrogen-bond donors (Lipinski definition) is 0. The van der Waals surface area contributed by atoms with Gasteiger partial charge in [-0.05, 0) is 56.6 Å². The van der Waals surface area contributed by atoms with Gasteiger partial charge in [-0.1, -0.05) is 97.1 Å². The molecule has 0 saturated heterocycles. The van der Waals surface area contributed by atoms with E-state index in [0.717, 1.165) is 33.6 Å². The molecule has 0 aliphatic rings. The number of fused-ring (bicyclic) bond motifs is 4. The van der Waals surface area contributed by atoms with Gasteiger partial charge < -0.3 is 0 Å². The maximum absolute atomic E-state index is 5.25. The first-order chi connectivity index (χ1) is 19.3. The molecule has 0 unspecified atom stereocenters. The van der Waals surface area contributed by atoms with Gasteiger partial charge in [0.1, 0.15) is 5.69 Å². The number of para-hydroxylation sites is 2. The summed E-state index contributed by atoms with van der Waals surface area (Å²) in [5, 5.41) is 11.5. The Labute approximate surface area is 223 Å². The Hall–Kier alpha value is -5.28. The summed E-state index contributed by atoms with van der Waals surface area (Å²) >= 11 is 0. The quantitative estimate of drug-likeness (QED) is 0.239. The molecule has 9 rings (SSSR count). The van der Waals surface area contributed by atoms with Crippen molar-refractivity contribution in [3.63, 3.8) is 0 Å². The van der Waals surface area contributed by atoms with Crippen molar-refractivity contribution in [2.45, 2.75) is 0 Å². The molecule has 2 aromatic heterocycles. The second-order valence-electron chi connectivity index (χ2n) is 10.2. The molecule has 0 fully saturated rings. The zero-order valence-corrected chi connectivity index (χ0v) is 21.0. The predicted octanol–water partition coefficient (Wildman–Crippen LogP) is 9.29. The summed E-state index contributed by atoms with van der Waals surface area (Å²) in [5.74, 6) is 0.835. The summed E-state index contributed by atoms with van der Waals surface area (Å²) in [7, 11) is 0. The molecular weight excluding hydrogens is 474 g/mol. The summed E-state index contributed by atoms with van der Waals surface area (Å²) in [6.07, 6.45) is 2.26. The molecular formula is C36H21N3. The average Bonchev–Trinajstić information content (AvgIpc) is 3.33. The van der Waals surface area contributed by atoms with Crippen LogP contribution in [-0.4, -0.2) is 14.5 Å². The summed E-state index contributed by atoms with van der Waals surface area (Å²) in [4.78, 5) is 10.4. The molecule has 0 atom stereocenters. The monoisotopic (exact) mass is 495 g/mol. The topological polar surface area (TPSA) is 30.7 Å². The van der Waals surface area contributed by atoms with E-state index in [1.54, 1.807) is 0 Å². The molecule has 0 amide bonds. The van der Waals surface area contributed by atoms with Crippen LogP contribution < -0.4 is 0 Å². The van der Waals surface area contributed by atoms with Crippen LogP contribution in [0.3, 0.4) is 0 Å². The number of benzene rings is 5. The molecule has 0 bridgehead atoms. The number of rotatable bonds is 2. The molecule has 2 heterocycles. The third-order valence-electron chi connectivity index (χ3n) is 8.10. The van der Waals surface area contributed by atoms with Gasteiger partial charge in [0, 0.05) is 27.9 Å². The van der Waals surface area contributed by atoms with Crippen molar-refractivity contribution in [3.8, 4) is 17.1 Å². The Morgan fingerprint density at radius 1 is 0.462 bits per heavy atom. The largest absolute Gasteiger partial charge is 0.299 e. The van der Waals surface area contributed by atoms with Crippen LogP contribution in [0.2, 0.25) is 0 Å². The van der Waals surface area contributed by atoms with Crippen molar-refractivity contribution >= 4 is 65.0 Å². The van der Waals surface area contributed by atoms with E-state index in [1.807, 2.05) is 30.3 Å². The molecule has 9 aromatic rings. The standard InChI is InChI=1S/C36H21N3/c1-2-10-22(11-3-1)35-36(38-30-18-7-6-17-29(30)37-35)39-21-24-20-23-12-8-15-27-25-13-4-5-14-26(25)28-16-9-19-31(39)34(28)33(24)32(23)27/h1-21H. The Morgan fingerprint density at radius 2 is 1.10 bits per heavy atom. The third kappa shape index (κ3) is 2.82. The van der Waals surface area contributed by atoms with Gasteiger partial charge in [0.25, 0.3) is 0 Å². The fraction of sp³-hybridized carbons (Fsp3) is 0. The number of pyridine rings is 1. The predicted molar refractivity (Wildman–Crippen MR) is 163 cm³/mol. The maximum atomic E-state index is 5.25. The Morgan fingerprint density at radius 3 is 1.90 bits per heavy atom. The van der Waals surface area contributed by atoms with Gasteiger partial charge >= 0.3 is 0 Å². The minimum Gasteiger partial charge on any atom is -0.299 e. The minimum absolute atomic E-state index is 0.835. The van der Waals surface area contributed by atoms with E-state index in [-0.39, 0.29) is 0 Å². The molecule has 0 N–H and O–H groups in total. The van der Waals surface area contributed by atoms with Gasteiger partial charge in [0.15, 0.2) is 5.82 Å². The van der Waals surface area contributed by atoms with Crippen molar-refractivity contribution in [1.82, 2.24) is 14.5 Å². The molecule has 180 valence electrons. The van der Waals surface area contributed by atoms with Crippen molar-refractivity contribution in [2.75, 3.05) is 0 Å². The van der Waals surface area contributed by atoms with Gasteiger partial charge in [-0.3, -0.25) is 4.57 Å². The lowest BCUT2D eigenvalue weighted by Crippen LogP contribution is -2.05. The fourth-order valence-electron chi connectivity index (χ4n) is 6.46. The van der Waals surface area contributed by atoms with E-state index in [0.29, 0.717) is 0 Å². The minimum atomic E-state index is 0.835. The van der Waals surface area contributed by atoms with Crippen LogP contribution >= 0.6 is 0 Å². The van der Waals surface area contributed by atoms with Crippen LogP contribution in [0, 0.1) is 0 Å². The van der Waals surface area contributed by atoms with Gasteiger partial charge in [-0.2, -0.15) is 0 Å². The van der Waals surface area contributed by atoms with E-state index in [9.17, 15) is 0 Å². The highest BCUT2D eigenvalue weighted by atomic mass is 15.1. The van der Waals surface area contributed by atoms with Crippen LogP contribution in [0.4, 0.5) is 0 Å². The van der Waals surface area contributed by atoms with Crippen LogP contribution in [0.1, 0.15) is 0 Å². The molecule has 3 nitrogen and oxygen atoms in total. The van der Waals surface area contributed by atoms with E-state index in [2.05, 4.69) is 102 Å². The highest BCUT2D eigenvalue weighted by Crippen LogP contribution is 2.44. The van der Waals surface area contributed by atoms with Gasteiger partial charge in [0.05, 0.1) is 16.6 Å². The van der Waals surface area contributed by atoms with Crippen molar-refractivity contribution in [2.24, 2.45) is 0 Å². The number of hydrogen-bond acceptors (Lipinski definition) is 2. The average molecular weight is 496 g/mol.